The van der Waals surface area contributed by atoms with Gasteiger partial charge in [0.2, 0.25) is 0 Å². The lowest BCUT2D eigenvalue weighted by Gasteiger charge is -2.07. The second-order valence-electron chi connectivity index (χ2n) is 4.25. The van der Waals surface area contributed by atoms with Crippen molar-refractivity contribution in [2.75, 3.05) is 6.61 Å². The zero-order valence-electron chi connectivity index (χ0n) is 10.9. The molecule has 0 atom stereocenters. The summed E-state index contributed by atoms with van der Waals surface area (Å²) in [4.78, 5) is 4.58. The highest BCUT2D eigenvalue weighted by atomic mass is 35.5. The minimum absolute atomic E-state index is 0.447. The summed E-state index contributed by atoms with van der Waals surface area (Å²) in [6.45, 7) is 5.81. The number of ether oxygens (including phenoxy) is 1. The molecule has 2 rings (SSSR count). The molecule has 0 spiro atoms. The van der Waals surface area contributed by atoms with Gasteiger partial charge in [-0.15, -0.1) is 11.6 Å². The van der Waals surface area contributed by atoms with Crippen LogP contribution in [-0.2, 0) is 12.4 Å². The van der Waals surface area contributed by atoms with Crippen molar-refractivity contribution >= 4 is 22.6 Å². The third kappa shape index (κ3) is 2.61. The van der Waals surface area contributed by atoms with E-state index < -0.39 is 0 Å². The first-order valence-corrected chi connectivity index (χ1v) is 7.01. The van der Waals surface area contributed by atoms with Crippen LogP contribution < -0.4 is 4.74 Å². The summed E-state index contributed by atoms with van der Waals surface area (Å²) in [6.07, 6.45) is 2.31. The number of halogens is 1. The van der Waals surface area contributed by atoms with Crippen molar-refractivity contribution in [3.05, 3.63) is 24.0 Å². The van der Waals surface area contributed by atoms with Gasteiger partial charge in [0.15, 0.2) is 0 Å². The van der Waals surface area contributed by atoms with E-state index in [0.29, 0.717) is 12.5 Å². The molecule has 98 valence electrons. The van der Waals surface area contributed by atoms with Crippen molar-refractivity contribution in [1.29, 1.82) is 0 Å². The molecule has 1 aromatic carbocycles. The summed E-state index contributed by atoms with van der Waals surface area (Å²) in [6, 6.07) is 6.05. The zero-order valence-corrected chi connectivity index (χ0v) is 11.7. The van der Waals surface area contributed by atoms with Crippen LogP contribution in [0.4, 0.5) is 0 Å². The monoisotopic (exact) mass is 266 g/mol. The Morgan fingerprint density at radius 1 is 1.33 bits per heavy atom. The number of aromatic nitrogens is 2. The van der Waals surface area contributed by atoms with E-state index in [0.717, 1.165) is 35.6 Å². The average Bonchev–Trinajstić information content (AvgIpc) is 2.73. The smallest absolute Gasteiger partial charge is 0.124 e. The molecule has 0 N–H and O–H groups in total. The van der Waals surface area contributed by atoms with Gasteiger partial charge in [-0.1, -0.05) is 13.3 Å². The third-order valence-electron chi connectivity index (χ3n) is 2.96. The molecular weight excluding hydrogens is 248 g/mol. The number of imidazole rings is 1. The van der Waals surface area contributed by atoms with E-state index in [4.69, 9.17) is 16.3 Å². The Morgan fingerprint density at radius 2 is 2.17 bits per heavy atom. The van der Waals surface area contributed by atoms with Crippen LogP contribution >= 0.6 is 11.6 Å². The quantitative estimate of drug-likeness (QED) is 0.740. The summed E-state index contributed by atoms with van der Waals surface area (Å²) < 4.78 is 7.71. The molecule has 0 radical (unpaired) electrons. The van der Waals surface area contributed by atoms with E-state index in [2.05, 4.69) is 22.5 Å². The first kappa shape index (κ1) is 13.2. The van der Waals surface area contributed by atoms with Crippen LogP contribution in [-0.4, -0.2) is 16.2 Å². The van der Waals surface area contributed by atoms with Crippen molar-refractivity contribution in [2.24, 2.45) is 0 Å². The maximum Gasteiger partial charge on any atom is 0.124 e. The fraction of sp³-hybridized carbons (Fsp3) is 0.500. The highest BCUT2D eigenvalue weighted by molar-refractivity contribution is 6.16. The Hall–Kier alpha value is -1.22. The maximum atomic E-state index is 5.97. The lowest BCUT2D eigenvalue weighted by Crippen LogP contribution is -2.02. The minimum atomic E-state index is 0.447. The molecule has 1 heterocycles. The molecule has 0 aliphatic rings. The van der Waals surface area contributed by atoms with Crippen LogP contribution in [0.25, 0.3) is 11.0 Å². The SMILES string of the molecule is CCCCn1c(CCl)nc2cc(OCC)ccc21. The average molecular weight is 267 g/mol. The lowest BCUT2D eigenvalue weighted by molar-refractivity contribution is 0.340. The van der Waals surface area contributed by atoms with Gasteiger partial charge >= 0.3 is 0 Å². The van der Waals surface area contributed by atoms with Gasteiger partial charge in [-0.05, 0) is 25.5 Å². The van der Waals surface area contributed by atoms with Crippen LogP contribution in [0.3, 0.4) is 0 Å². The van der Waals surface area contributed by atoms with Crippen molar-refractivity contribution in [3.8, 4) is 5.75 Å². The number of rotatable bonds is 6. The Morgan fingerprint density at radius 3 is 2.83 bits per heavy atom. The van der Waals surface area contributed by atoms with Crippen LogP contribution in [0, 0.1) is 0 Å². The lowest BCUT2D eigenvalue weighted by atomic mass is 10.3. The molecule has 0 aliphatic carbocycles. The Bertz CT molecular complexity index is 522. The van der Waals surface area contributed by atoms with Gasteiger partial charge in [0, 0.05) is 12.6 Å². The van der Waals surface area contributed by atoms with Crippen molar-refractivity contribution in [2.45, 2.75) is 39.1 Å². The summed E-state index contributed by atoms with van der Waals surface area (Å²) in [5.41, 5.74) is 2.11. The number of hydrogen-bond donors (Lipinski definition) is 0. The van der Waals surface area contributed by atoms with E-state index in [1.807, 2.05) is 19.1 Å². The van der Waals surface area contributed by atoms with Crippen molar-refractivity contribution in [1.82, 2.24) is 9.55 Å². The van der Waals surface area contributed by atoms with Gasteiger partial charge in [0.25, 0.3) is 0 Å². The van der Waals surface area contributed by atoms with Gasteiger partial charge in [-0.2, -0.15) is 0 Å². The Labute approximate surface area is 113 Å². The minimum Gasteiger partial charge on any atom is -0.494 e. The topological polar surface area (TPSA) is 27.1 Å². The third-order valence-corrected chi connectivity index (χ3v) is 3.20. The molecule has 0 amide bonds. The van der Waals surface area contributed by atoms with E-state index in [1.54, 1.807) is 0 Å². The molecule has 0 saturated heterocycles. The first-order valence-electron chi connectivity index (χ1n) is 6.48. The standard InChI is InChI=1S/C14H19ClN2O/c1-3-5-8-17-13-7-6-11(18-4-2)9-12(13)16-14(17)10-15/h6-7,9H,3-5,8,10H2,1-2H3. The molecule has 18 heavy (non-hydrogen) atoms. The first-order chi connectivity index (χ1) is 8.80. The van der Waals surface area contributed by atoms with E-state index in [1.165, 1.54) is 6.42 Å². The normalized spacial score (nSPS) is 11.1. The fourth-order valence-electron chi connectivity index (χ4n) is 2.08. The van der Waals surface area contributed by atoms with E-state index in [-0.39, 0.29) is 0 Å². The van der Waals surface area contributed by atoms with Gasteiger partial charge in [-0.25, -0.2) is 4.98 Å². The molecule has 1 aromatic heterocycles. The highest BCUT2D eigenvalue weighted by Gasteiger charge is 2.10. The van der Waals surface area contributed by atoms with Gasteiger partial charge in [0.05, 0.1) is 23.5 Å². The molecule has 4 heteroatoms. The number of alkyl halides is 1. The maximum absolute atomic E-state index is 5.97. The Balaban J connectivity index is 2.41. The summed E-state index contributed by atoms with van der Waals surface area (Å²) in [5.74, 6) is 2.25. The number of nitrogens with zero attached hydrogens (tertiary/aromatic N) is 2. The molecule has 0 fully saturated rings. The van der Waals surface area contributed by atoms with Crippen LogP contribution in [0.2, 0.25) is 0 Å². The zero-order chi connectivity index (χ0) is 13.0. The van der Waals surface area contributed by atoms with E-state index >= 15 is 0 Å². The van der Waals surface area contributed by atoms with Crippen molar-refractivity contribution in [3.63, 3.8) is 0 Å². The number of hydrogen-bond acceptors (Lipinski definition) is 2. The predicted molar refractivity (Wildman–Crippen MR) is 75.4 cm³/mol. The number of benzene rings is 1. The number of aryl methyl sites for hydroxylation is 1. The van der Waals surface area contributed by atoms with Gasteiger partial charge in [0.1, 0.15) is 11.6 Å². The summed E-state index contributed by atoms with van der Waals surface area (Å²) in [7, 11) is 0. The van der Waals surface area contributed by atoms with Gasteiger partial charge in [-0.3, -0.25) is 0 Å². The van der Waals surface area contributed by atoms with Crippen LogP contribution in [0.1, 0.15) is 32.5 Å². The molecule has 0 saturated carbocycles. The molecule has 0 aliphatic heterocycles. The number of fused-ring (bicyclic) bond motifs is 1. The second kappa shape index (κ2) is 6.10. The number of unbranched alkanes of at least 4 members (excludes halogenated alkanes) is 1. The second-order valence-corrected chi connectivity index (χ2v) is 4.52. The van der Waals surface area contributed by atoms with Gasteiger partial charge < -0.3 is 9.30 Å². The Kier molecular flexibility index (Phi) is 4.48. The fourth-order valence-corrected chi connectivity index (χ4v) is 2.29. The molecule has 2 aromatic rings. The van der Waals surface area contributed by atoms with E-state index in [9.17, 15) is 0 Å². The van der Waals surface area contributed by atoms with Crippen LogP contribution in [0.5, 0.6) is 5.75 Å². The molecule has 3 nitrogen and oxygen atoms in total. The summed E-state index contributed by atoms with van der Waals surface area (Å²) >= 11 is 5.97. The van der Waals surface area contributed by atoms with Crippen molar-refractivity contribution < 1.29 is 4.74 Å². The molecular formula is C14H19ClN2O. The molecule has 0 unspecified atom stereocenters. The highest BCUT2D eigenvalue weighted by Crippen LogP contribution is 2.23. The summed E-state index contributed by atoms with van der Waals surface area (Å²) in [5, 5.41) is 0. The largest absolute Gasteiger partial charge is 0.494 e. The van der Waals surface area contributed by atoms with Crippen LogP contribution in [0.15, 0.2) is 18.2 Å². The molecule has 0 bridgehead atoms. The predicted octanol–water partition coefficient (Wildman–Crippen LogP) is 3.97.